The minimum absolute atomic E-state index is 0. The molecule has 0 spiro atoms. The Balaban J connectivity index is 0.00000180. The van der Waals surface area contributed by atoms with E-state index in [-0.39, 0.29) is 18.4 Å². The molecule has 0 fully saturated rings. The number of benzene rings is 2. The summed E-state index contributed by atoms with van der Waals surface area (Å²) in [7, 11) is 0. The molecule has 0 aliphatic rings. The molecular formula is C15H18ClN3. The molecule has 0 radical (unpaired) electrons. The fraction of sp³-hybridized carbons (Fsp3) is 0.133. The van der Waals surface area contributed by atoms with Gasteiger partial charge in [-0.25, -0.2) is 0 Å². The maximum absolute atomic E-state index is 7.74. The van der Waals surface area contributed by atoms with Crippen LogP contribution in [0.2, 0.25) is 0 Å². The zero-order valence-electron chi connectivity index (χ0n) is 11.1. The molecule has 2 aromatic rings. The quantitative estimate of drug-likeness (QED) is 0.648. The van der Waals surface area contributed by atoms with E-state index in [4.69, 9.17) is 11.1 Å². The first kappa shape index (κ1) is 15.1. The molecule has 0 bridgehead atoms. The van der Waals surface area contributed by atoms with Gasteiger partial charge < -0.3 is 5.73 Å². The highest BCUT2D eigenvalue weighted by Gasteiger charge is 2.11. The number of nitrogens with two attached hydrogens (primary N) is 1. The summed E-state index contributed by atoms with van der Waals surface area (Å²) in [5.74, 6) is 0.0164. The molecule has 0 heterocycles. The van der Waals surface area contributed by atoms with E-state index in [1.54, 1.807) is 4.90 Å². The SMILES string of the molecule is Cc1ccc(N(C(=N)N)c2ccc(C)cc2)cc1.Cl. The number of hydrogen-bond donors (Lipinski definition) is 2. The van der Waals surface area contributed by atoms with Gasteiger partial charge in [0.2, 0.25) is 0 Å². The molecule has 0 aliphatic carbocycles. The van der Waals surface area contributed by atoms with Crippen LogP contribution in [-0.4, -0.2) is 5.96 Å². The Kier molecular flexibility index (Phi) is 4.95. The summed E-state index contributed by atoms with van der Waals surface area (Å²) in [6.07, 6.45) is 0. The lowest BCUT2D eigenvalue weighted by Gasteiger charge is -2.23. The van der Waals surface area contributed by atoms with Crippen molar-refractivity contribution in [2.24, 2.45) is 5.73 Å². The van der Waals surface area contributed by atoms with Crippen LogP contribution in [0.1, 0.15) is 11.1 Å². The standard InChI is InChI=1S/C15H17N3.ClH/c1-11-3-7-13(8-4-11)18(15(16)17)14-9-5-12(2)6-10-14;/h3-10H,1-2H3,(H3,16,17);1H. The van der Waals surface area contributed by atoms with Crippen LogP contribution in [-0.2, 0) is 0 Å². The second-order valence-electron chi connectivity index (χ2n) is 4.39. The Hall–Kier alpha value is -2.00. The lowest BCUT2D eigenvalue weighted by atomic mass is 10.2. The molecule has 0 amide bonds. The van der Waals surface area contributed by atoms with Crippen molar-refractivity contribution in [3.05, 3.63) is 59.7 Å². The van der Waals surface area contributed by atoms with E-state index in [0.717, 1.165) is 11.4 Å². The van der Waals surface area contributed by atoms with E-state index in [1.165, 1.54) is 11.1 Å². The number of rotatable bonds is 2. The van der Waals surface area contributed by atoms with Crippen LogP contribution in [0.4, 0.5) is 11.4 Å². The van der Waals surface area contributed by atoms with E-state index < -0.39 is 0 Å². The van der Waals surface area contributed by atoms with Crippen molar-refractivity contribution < 1.29 is 0 Å². The van der Waals surface area contributed by atoms with Crippen molar-refractivity contribution in [1.82, 2.24) is 0 Å². The van der Waals surface area contributed by atoms with Crippen LogP contribution >= 0.6 is 12.4 Å². The zero-order chi connectivity index (χ0) is 13.1. The predicted octanol–water partition coefficient (Wildman–Crippen LogP) is 3.76. The fourth-order valence-electron chi connectivity index (χ4n) is 1.81. The minimum Gasteiger partial charge on any atom is -0.369 e. The summed E-state index contributed by atoms with van der Waals surface area (Å²) < 4.78 is 0. The molecule has 2 rings (SSSR count). The number of guanidine groups is 1. The zero-order valence-corrected chi connectivity index (χ0v) is 11.9. The van der Waals surface area contributed by atoms with Crippen LogP contribution in [0.3, 0.4) is 0 Å². The average Bonchev–Trinajstić information content (AvgIpc) is 2.34. The van der Waals surface area contributed by atoms with Crippen LogP contribution in [0, 0.1) is 19.3 Å². The second kappa shape index (κ2) is 6.25. The molecule has 0 saturated carbocycles. The maximum Gasteiger partial charge on any atom is 0.197 e. The molecule has 0 atom stereocenters. The Morgan fingerprint density at radius 3 is 1.42 bits per heavy atom. The van der Waals surface area contributed by atoms with Crippen LogP contribution in [0.25, 0.3) is 0 Å². The number of halogens is 1. The first-order chi connectivity index (χ1) is 8.58. The molecule has 4 heteroatoms. The van der Waals surface area contributed by atoms with Crippen molar-refractivity contribution in [2.75, 3.05) is 4.90 Å². The molecule has 3 nitrogen and oxygen atoms in total. The summed E-state index contributed by atoms with van der Waals surface area (Å²) >= 11 is 0. The predicted molar refractivity (Wildman–Crippen MR) is 83.7 cm³/mol. The number of anilines is 2. The van der Waals surface area contributed by atoms with Gasteiger partial charge in [0.05, 0.1) is 0 Å². The maximum atomic E-state index is 7.74. The third-order valence-electron chi connectivity index (χ3n) is 2.83. The Morgan fingerprint density at radius 2 is 1.16 bits per heavy atom. The van der Waals surface area contributed by atoms with Gasteiger partial charge in [-0.15, -0.1) is 12.4 Å². The molecule has 100 valence electrons. The molecule has 0 saturated heterocycles. The van der Waals surface area contributed by atoms with E-state index in [1.807, 2.05) is 62.4 Å². The third kappa shape index (κ3) is 3.48. The van der Waals surface area contributed by atoms with Crippen molar-refractivity contribution in [3.8, 4) is 0 Å². The van der Waals surface area contributed by atoms with Crippen LogP contribution in [0.15, 0.2) is 48.5 Å². The molecule has 0 unspecified atom stereocenters. The van der Waals surface area contributed by atoms with Crippen molar-refractivity contribution in [2.45, 2.75) is 13.8 Å². The normalized spacial score (nSPS) is 9.58. The van der Waals surface area contributed by atoms with Crippen molar-refractivity contribution in [1.29, 1.82) is 5.41 Å². The Bertz CT molecular complexity index is 501. The van der Waals surface area contributed by atoms with E-state index in [2.05, 4.69) is 0 Å². The molecule has 0 aromatic heterocycles. The van der Waals surface area contributed by atoms with E-state index in [0.29, 0.717) is 0 Å². The van der Waals surface area contributed by atoms with Gasteiger partial charge in [0, 0.05) is 11.4 Å². The summed E-state index contributed by atoms with van der Waals surface area (Å²) in [6.45, 7) is 4.07. The first-order valence-corrected chi connectivity index (χ1v) is 5.85. The highest BCUT2D eigenvalue weighted by molar-refractivity contribution is 5.99. The summed E-state index contributed by atoms with van der Waals surface area (Å²) in [4.78, 5) is 1.72. The van der Waals surface area contributed by atoms with Gasteiger partial charge >= 0.3 is 0 Å². The smallest absolute Gasteiger partial charge is 0.197 e. The Morgan fingerprint density at radius 1 is 0.842 bits per heavy atom. The lowest BCUT2D eigenvalue weighted by molar-refractivity contribution is 1.25. The summed E-state index contributed by atoms with van der Waals surface area (Å²) in [5, 5.41) is 7.74. The van der Waals surface area contributed by atoms with Gasteiger partial charge in [0.15, 0.2) is 5.96 Å². The summed E-state index contributed by atoms with van der Waals surface area (Å²) in [6, 6.07) is 15.9. The third-order valence-corrected chi connectivity index (χ3v) is 2.83. The van der Waals surface area contributed by atoms with Crippen molar-refractivity contribution in [3.63, 3.8) is 0 Å². The number of nitrogens with zero attached hydrogens (tertiary/aromatic N) is 1. The molecule has 0 aliphatic heterocycles. The van der Waals surface area contributed by atoms with Gasteiger partial charge in [0.1, 0.15) is 0 Å². The van der Waals surface area contributed by atoms with Crippen LogP contribution < -0.4 is 10.6 Å². The molecule has 3 N–H and O–H groups in total. The Labute approximate surface area is 120 Å². The van der Waals surface area contributed by atoms with Gasteiger partial charge in [-0.05, 0) is 38.1 Å². The van der Waals surface area contributed by atoms with Gasteiger partial charge in [-0.2, -0.15) is 0 Å². The molecule has 19 heavy (non-hydrogen) atoms. The lowest BCUT2D eigenvalue weighted by Crippen LogP contribution is -2.32. The van der Waals surface area contributed by atoms with Gasteiger partial charge in [0.25, 0.3) is 0 Å². The first-order valence-electron chi connectivity index (χ1n) is 5.85. The number of hydrogen-bond acceptors (Lipinski definition) is 1. The van der Waals surface area contributed by atoms with Crippen LogP contribution in [0.5, 0.6) is 0 Å². The monoisotopic (exact) mass is 275 g/mol. The average molecular weight is 276 g/mol. The fourth-order valence-corrected chi connectivity index (χ4v) is 1.81. The highest BCUT2D eigenvalue weighted by Crippen LogP contribution is 2.25. The topological polar surface area (TPSA) is 53.1 Å². The second-order valence-corrected chi connectivity index (χ2v) is 4.39. The molecular weight excluding hydrogens is 258 g/mol. The van der Waals surface area contributed by atoms with E-state index >= 15 is 0 Å². The van der Waals surface area contributed by atoms with Gasteiger partial charge in [-0.1, -0.05) is 35.4 Å². The summed E-state index contributed by atoms with van der Waals surface area (Å²) in [5.41, 5.74) is 9.86. The largest absolute Gasteiger partial charge is 0.369 e. The highest BCUT2D eigenvalue weighted by atomic mass is 35.5. The van der Waals surface area contributed by atoms with Crippen molar-refractivity contribution >= 4 is 29.7 Å². The number of aryl methyl sites for hydroxylation is 2. The molecule has 2 aromatic carbocycles. The number of nitrogens with one attached hydrogen (secondary N) is 1. The minimum atomic E-state index is 0. The van der Waals surface area contributed by atoms with E-state index in [9.17, 15) is 0 Å². The van der Waals surface area contributed by atoms with Gasteiger partial charge in [-0.3, -0.25) is 10.3 Å².